The fourth-order valence-electron chi connectivity index (χ4n) is 6.99. The first-order valence-electron chi connectivity index (χ1n) is 15.6. The molecule has 9 nitrogen and oxygen atoms in total. The average molecular weight is 676 g/mol. The summed E-state index contributed by atoms with van der Waals surface area (Å²) < 4.78 is 8.81. The van der Waals surface area contributed by atoms with Crippen molar-refractivity contribution in [2.24, 2.45) is 0 Å². The molecule has 1 aliphatic carbocycles. The Balaban J connectivity index is 1.13. The lowest BCUT2D eigenvalue weighted by atomic mass is 9.88. The number of piperidine rings is 1. The number of aromatic nitrogens is 4. The van der Waals surface area contributed by atoms with Gasteiger partial charge in [0, 0.05) is 50.4 Å². The third kappa shape index (κ3) is 5.85. The zero-order valence-electron chi connectivity index (χ0n) is 25.7. The standard InChI is InChI=1S/C34H34ClN5O4S2/c1-19-15-24(31-30(37-19)26(18-46-31)34(42)43)23-16-21(35)6-9-29(23)44-13-12-39-20(2)38-27-8-7-22(17-25(27)33(39)41)40-11-4-3-5-28(40)32-36-10-14-45-32/h6,9-10,14-16,18,22,28H,3-5,7-8,11-13,17H2,1-2H3,(H,42,43)/t22-,28+/m0/s1. The fourth-order valence-corrected chi connectivity index (χ4v) is 8.96. The van der Waals surface area contributed by atoms with E-state index in [0.717, 1.165) is 52.9 Å². The van der Waals surface area contributed by atoms with Gasteiger partial charge < -0.3 is 9.84 Å². The number of nitrogens with zero attached hydrogens (tertiary/aromatic N) is 5. The Morgan fingerprint density at radius 1 is 1.13 bits per heavy atom. The number of hydrogen-bond donors (Lipinski definition) is 1. The Bertz CT molecular complexity index is 1990. The van der Waals surface area contributed by atoms with Crippen LogP contribution in [0.2, 0.25) is 5.02 Å². The van der Waals surface area contributed by atoms with E-state index >= 15 is 0 Å². The largest absolute Gasteiger partial charge is 0.491 e. The van der Waals surface area contributed by atoms with E-state index in [1.165, 1.54) is 29.2 Å². The van der Waals surface area contributed by atoms with E-state index in [-0.39, 0.29) is 17.7 Å². The van der Waals surface area contributed by atoms with Crippen molar-refractivity contribution in [1.29, 1.82) is 0 Å². The van der Waals surface area contributed by atoms with Crippen LogP contribution in [0, 0.1) is 13.8 Å². The van der Waals surface area contributed by atoms with E-state index in [4.69, 9.17) is 21.3 Å². The summed E-state index contributed by atoms with van der Waals surface area (Å²) in [5, 5.41) is 15.1. The van der Waals surface area contributed by atoms with E-state index in [0.29, 0.717) is 52.9 Å². The van der Waals surface area contributed by atoms with Crippen LogP contribution >= 0.6 is 34.3 Å². The molecule has 0 unspecified atom stereocenters. The van der Waals surface area contributed by atoms with Crippen molar-refractivity contribution in [2.75, 3.05) is 13.2 Å². The summed E-state index contributed by atoms with van der Waals surface area (Å²) in [7, 11) is 0. The number of hydrogen-bond acceptors (Lipinski definition) is 9. The third-order valence-electron chi connectivity index (χ3n) is 9.13. The molecule has 1 aliphatic heterocycles. The highest BCUT2D eigenvalue weighted by Gasteiger charge is 2.35. The maximum Gasteiger partial charge on any atom is 0.338 e. The number of fused-ring (bicyclic) bond motifs is 2. The molecule has 2 aliphatic rings. The zero-order chi connectivity index (χ0) is 31.9. The van der Waals surface area contributed by atoms with Crippen LogP contribution in [0.1, 0.15) is 69.9 Å². The summed E-state index contributed by atoms with van der Waals surface area (Å²) in [6.45, 7) is 5.34. The minimum atomic E-state index is -1.01. The number of ether oxygens (including phenoxy) is 1. The Labute approximate surface area is 279 Å². The first-order chi connectivity index (χ1) is 22.3. The second kappa shape index (κ2) is 12.9. The fraction of sp³-hybridized carbons (Fsp3) is 0.382. The van der Waals surface area contributed by atoms with Gasteiger partial charge in [0.05, 0.1) is 34.1 Å². The number of carboxylic acid groups (broad SMARTS) is 1. The van der Waals surface area contributed by atoms with Crippen LogP contribution in [0.15, 0.2) is 46.0 Å². The molecule has 1 aromatic carbocycles. The predicted octanol–water partition coefficient (Wildman–Crippen LogP) is 7.11. The molecule has 238 valence electrons. The molecule has 1 fully saturated rings. The molecule has 46 heavy (non-hydrogen) atoms. The van der Waals surface area contributed by atoms with Crippen molar-refractivity contribution in [3.63, 3.8) is 0 Å². The number of likely N-dealkylation sites (tertiary alicyclic amines) is 1. The van der Waals surface area contributed by atoms with Crippen LogP contribution in [-0.4, -0.2) is 54.7 Å². The van der Waals surface area contributed by atoms with Crippen LogP contribution in [0.5, 0.6) is 5.75 Å². The lowest BCUT2D eigenvalue weighted by Crippen LogP contribution is -2.46. The molecule has 12 heteroatoms. The summed E-state index contributed by atoms with van der Waals surface area (Å²) in [4.78, 5) is 42.4. The molecular weight excluding hydrogens is 642 g/mol. The second-order valence-corrected chi connectivity index (χ2v) is 14.2. The van der Waals surface area contributed by atoms with Crippen molar-refractivity contribution in [1.82, 2.24) is 24.4 Å². The smallest absolute Gasteiger partial charge is 0.338 e. The van der Waals surface area contributed by atoms with Gasteiger partial charge in [-0.3, -0.25) is 19.2 Å². The number of thiophene rings is 1. The molecule has 7 rings (SSSR count). The lowest BCUT2D eigenvalue weighted by molar-refractivity contribution is 0.0699. The minimum absolute atomic E-state index is 0.0150. The normalized spacial score (nSPS) is 18.5. The molecule has 5 aromatic rings. The van der Waals surface area contributed by atoms with Gasteiger partial charge in [-0.05, 0) is 76.8 Å². The average Bonchev–Trinajstić information content (AvgIpc) is 3.74. The minimum Gasteiger partial charge on any atom is -0.491 e. The van der Waals surface area contributed by atoms with E-state index in [9.17, 15) is 14.7 Å². The van der Waals surface area contributed by atoms with E-state index in [1.807, 2.05) is 38.2 Å². The number of aromatic carboxylic acids is 1. The maximum absolute atomic E-state index is 14.0. The Hall–Kier alpha value is -3.64. The molecule has 5 heterocycles. The SMILES string of the molecule is Cc1cc(-c2cc(Cl)ccc2OCCn2c(C)nc3c(c2=O)C[C@@H](N2CCCC[C@@H]2c2nccs2)CC3)c2scc(C(=O)O)c2n1. The van der Waals surface area contributed by atoms with Crippen molar-refractivity contribution >= 4 is 50.5 Å². The molecule has 2 atom stereocenters. The van der Waals surface area contributed by atoms with Crippen molar-refractivity contribution in [3.8, 4) is 16.9 Å². The van der Waals surface area contributed by atoms with Crippen molar-refractivity contribution in [3.05, 3.63) is 89.9 Å². The quantitative estimate of drug-likeness (QED) is 0.185. The van der Waals surface area contributed by atoms with Gasteiger partial charge in [-0.25, -0.2) is 14.8 Å². The molecule has 0 amide bonds. The van der Waals surface area contributed by atoms with Crippen LogP contribution in [0.25, 0.3) is 21.3 Å². The highest BCUT2D eigenvalue weighted by molar-refractivity contribution is 7.18. The molecular formula is C34H34ClN5O4S2. The molecule has 1 N–H and O–H groups in total. The number of pyridine rings is 1. The molecule has 0 spiro atoms. The summed E-state index contributed by atoms with van der Waals surface area (Å²) in [6, 6.07) is 7.93. The number of thiazole rings is 1. The molecule has 0 radical (unpaired) electrons. The number of carbonyl (C=O) groups is 1. The van der Waals surface area contributed by atoms with Gasteiger partial charge in [0.2, 0.25) is 0 Å². The summed E-state index contributed by atoms with van der Waals surface area (Å²) in [5.41, 5.74) is 4.62. The summed E-state index contributed by atoms with van der Waals surface area (Å²) in [6.07, 6.45) is 7.86. The molecule has 4 aromatic heterocycles. The first-order valence-corrected chi connectivity index (χ1v) is 17.7. The van der Waals surface area contributed by atoms with Gasteiger partial charge in [0.1, 0.15) is 23.2 Å². The van der Waals surface area contributed by atoms with E-state index in [2.05, 4.69) is 20.2 Å². The molecule has 0 bridgehead atoms. The third-order valence-corrected chi connectivity index (χ3v) is 11.2. The monoisotopic (exact) mass is 675 g/mol. The number of halogens is 1. The van der Waals surface area contributed by atoms with Gasteiger partial charge in [-0.15, -0.1) is 22.7 Å². The van der Waals surface area contributed by atoms with Crippen LogP contribution in [0.3, 0.4) is 0 Å². The maximum atomic E-state index is 14.0. The zero-order valence-corrected chi connectivity index (χ0v) is 28.1. The number of aryl methyl sites for hydroxylation is 3. The summed E-state index contributed by atoms with van der Waals surface area (Å²) >= 11 is 9.49. The van der Waals surface area contributed by atoms with Gasteiger partial charge in [0.25, 0.3) is 5.56 Å². The number of benzene rings is 1. The first kappa shape index (κ1) is 31.0. The summed E-state index contributed by atoms with van der Waals surface area (Å²) in [5.74, 6) is 0.266. The van der Waals surface area contributed by atoms with Gasteiger partial charge >= 0.3 is 5.97 Å². The van der Waals surface area contributed by atoms with E-state index < -0.39 is 5.97 Å². The Kier molecular flexibility index (Phi) is 8.67. The highest BCUT2D eigenvalue weighted by Crippen LogP contribution is 2.41. The van der Waals surface area contributed by atoms with Crippen LogP contribution < -0.4 is 10.3 Å². The van der Waals surface area contributed by atoms with E-state index in [1.54, 1.807) is 27.4 Å². The lowest BCUT2D eigenvalue weighted by Gasteiger charge is -2.42. The second-order valence-electron chi connectivity index (χ2n) is 12.0. The number of carboxylic acids is 1. The topological polar surface area (TPSA) is 110 Å². The van der Waals surface area contributed by atoms with Crippen molar-refractivity contribution in [2.45, 2.75) is 71.0 Å². The predicted molar refractivity (Wildman–Crippen MR) is 182 cm³/mol. The molecule has 1 saturated heterocycles. The number of rotatable bonds is 8. The van der Waals surface area contributed by atoms with Gasteiger partial charge in [0.15, 0.2) is 0 Å². The Morgan fingerprint density at radius 3 is 2.80 bits per heavy atom. The van der Waals surface area contributed by atoms with Crippen LogP contribution in [0.4, 0.5) is 0 Å². The Morgan fingerprint density at radius 2 is 2.00 bits per heavy atom. The highest BCUT2D eigenvalue weighted by atomic mass is 35.5. The van der Waals surface area contributed by atoms with Crippen molar-refractivity contribution < 1.29 is 14.6 Å². The molecule has 0 saturated carbocycles. The van der Waals surface area contributed by atoms with Gasteiger partial charge in [-0.2, -0.15) is 0 Å². The van der Waals surface area contributed by atoms with Gasteiger partial charge in [-0.1, -0.05) is 18.0 Å². The van der Waals surface area contributed by atoms with Crippen LogP contribution in [-0.2, 0) is 19.4 Å².